The molecular weight excluding hydrogens is 317 g/mol. The highest BCUT2D eigenvalue weighted by molar-refractivity contribution is 5.91. The number of amides is 1. The topological polar surface area (TPSA) is 98.3 Å². The lowest BCUT2D eigenvalue weighted by atomic mass is 10.2. The number of benzene rings is 2. The van der Waals surface area contributed by atoms with Crippen molar-refractivity contribution in [1.82, 2.24) is 4.98 Å². The molecule has 3 rings (SSSR count). The third-order valence-electron chi connectivity index (χ3n) is 3.33. The van der Waals surface area contributed by atoms with Crippen LogP contribution >= 0.6 is 0 Å². The summed E-state index contributed by atoms with van der Waals surface area (Å²) in [4.78, 5) is 26.0. The summed E-state index contributed by atoms with van der Waals surface area (Å²) >= 11 is 0. The first kappa shape index (κ1) is 15.6. The summed E-state index contributed by atoms with van der Waals surface area (Å²) in [6.45, 7) is 0. The molecule has 0 bridgehead atoms. The van der Waals surface area contributed by atoms with E-state index in [2.05, 4.69) is 10.3 Å². The number of aromatic nitrogens is 1. The Kier molecular flexibility index (Phi) is 4.19. The van der Waals surface area contributed by atoms with Crippen LogP contribution in [0.1, 0.15) is 12.3 Å². The van der Waals surface area contributed by atoms with Crippen LogP contribution in [-0.2, 0) is 11.2 Å². The van der Waals surface area contributed by atoms with Crippen molar-refractivity contribution in [2.45, 2.75) is 12.8 Å². The van der Waals surface area contributed by atoms with Gasteiger partial charge in [0.1, 0.15) is 5.52 Å². The zero-order valence-electron chi connectivity index (χ0n) is 12.4. The molecule has 0 aliphatic heterocycles. The second kappa shape index (κ2) is 6.45. The molecule has 0 spiro atoms. The molecule has 7 nitrogen and oxygen atoms in total. The molecule has 0 saturated heterocycles. The highest BCUT2D eigenvalue weighted by Gasteiger charge is 2.15. The Hall–Kier alpha value is -3.29. The molecule has 8 heteroatoms. The second-order valence-corrected chi connectivity index (χ2v) is 5.05. The summed E-state index contributed by atoms with van der Waals surface area (Å²) in [6, 6.07) is 10.4. The standard InChI is InChI=1S/C16H12FN3O4/c17-11-6-5-10(9-13(11)20(22)23)18-15(21)7-8-16-19-12-3-1-2-4-14(12)24-16/h1-6,9H,7-8H2,(H,18,21). The van der Waals surface area contributed by atoms with Crippen LogP contribution < -0.4 is 5.32 Å². The van der Waals surface area contributed by atoms with Crippen LogP contribution in [0.25, 0.3) is 11.1 Å². The van der Waals surface area contributed by atoms with Crippen molar-refractivity contribution in [3.8, 4) is 0 Å². The van der Waals surface area contributed by atoms with Gasteiger partial charge in [-0.1, -0.05) is 12.1 Å². The number of anilines is 1. The smallest absolute Gasteiger partial charge is 0.306 e. The number of nitro groups is 1. The van der Waals surface area contributed by atoms with E-state index in [0.717, 1.165) is 12.1 Å². The summed E-state index contributed by atoms with van der Waals surface area (Å²) in [6.07, 6.45) is 0.363. The number of para-hydroxylation sites is 2. The van der Waals surface area contributed by atoms with Gasteiger partial charge in [0.05, 0.1) is 4.92 Å². The van der Waals surface area contributed by atoms with Crippen molar-refractivity contribution in [3.05, 3.63) is 64.3 Å². The van der Waals surface area contributed by atoms with Crippen LogP contribution in [-0.4, -0.2) is 15.8 Å². The Morgan fingerprint density at radius 1 is 1.29 bits per heavy atom. The van der Waals surface area contributed by atoms with Gasteiger partial charge in [-0.2, -0.15) is 4.39 Å². The number of carbonyl (C=O) groups excluding carboxylic acids is 1. The third kappa shape index (κ3) is 3.37. The van der Waals surface area contributed by atoms with E-state index >= 15 is 0 Å². The number of carbonyl (C=O) groups is 1. The maximum atomic E-state index is 13.3. The van der Waals surface area contributed by atoms with Gasteiger partial charge in [-0.05, 0) is 24.3 Å². The Bertz CT molecular complexity index is 890. The first-order valence-electron chi connectivity index (χ1n) is 7.11. The average Bonchev–Trinajstić information content (AvgIpc) is 2.97. The molecule has 0 aliphatic carbocycles. The van der Waals surface area contributed by atoms with Gasteiger partial charge in [-0.3, -0.25) is 14.9 Å². The van der Waals surface area contributed by atoms with E-state index < -0.39 is 16.4 Å². The quantitative estimate of drug-likeness (QED) is 0.571. The average molecular weight is 329 g/mol. The number of rotatable bonds is 5. The van der Waals surface area contributed by atoms with Crippen LogP contribution in [0.3, 0.4) is 0 Å². The summed E-state index contributed by atoms with van der Waals surface area (Å²) in [5.74, 6) is -0.904. The fourth-order valence-corrected chi connectivity index (χ4v) is 2.20. The zero-order chi connectivity index (χ0) is 17.1. The lowest BCUT2D eigenvalue weighted by Gasteiger charge is -2.04. The Morgan fingerprint density at radius 3 is 2.83 bits per heavy atom. The fourth-order valence-electron chi connectivity index (χ4n) is 2.20. The predicted octanol–water partition coefficient (Wildman–Crippen LogP) is 3.45. The summed E-state index contributed by atoms with van der Waals surface area (Å²) in [7, 11) is 0. The Morgan fingerprint density at radius 2 is 2.08 bits per heavy atom. The normalized spacial score (nSPS) is 10.7. The van der Waals surface area contributed by atoms with Gasteiger partial charge in [0, 0.05) is 24.6 Å². The minimum atomic E-state index is -0.954. The molecule has 1 N–H and O–H groups in total. The van der Waals surface area contributed by atoms with Crippen LogP contribution in [0.15, 0.2) is 46.9 Å². The molecule has 0 aliphatic rings. The van der Waals surface area contributed by atoms with Crippen molar-refractivity contribution >= 4 is 28.4 Å². The van der Waals surface area contributed by atoms with Crippen molar-refractivity contribution in [3.63, 3.8) is 0 Å². The lowest BCUT2D eigenvalue weighted by Crippen LogP contribution is -2.12. The molecule has 0 fully saturated rings. The Balaban J connectivity index is 1.63. The second-order valence-electron chi connectivity index (χ2n) is 5.05. The SMILES string of the molecule is O=C(CCc1nc2ccccc2o1)Nc1ccc(F)c([N+](=O)[O-])c1. The number of nitro benzene ring substituents is 1. The number of hydrogen-bond acceptors (Lipinski definition) is 5. The number of nitrogens with one attached hydrogen (secondary N) is 1. The van der Waals surface area contributed by atoms with Gasteiger partial charge >= 0.3 is 5.69 Å². The number of nitrogens with zero attached hydrogens (tertiary/aromatic N) is 2. The minimum absolute atomic E-state index is 0.0813. The van der Waals surface area contributed by atoms with Gasteiger partial charge in [0.25, 0.3) is 0 Å². The van der Waals surface area contributed by atoms with Gasteiger partial charge in [-0.15, -0.1) is 0 Å². The van der Waals surface area contributed by atoms with E-state index in [4.69, 9.17) is 4.42 Å². The summed E-state index contributed by atoms with van der Waals surface area (Å²) in [5, 5.41) is 13.2. The molecule has 0 saturated carbocycles. The van der Waals surface area contributed by atoms with E-state index in [1.54, 1.807) is 12.1 Å². The first-order valence-corrected chi connectivity index (χ1v) is 7.11. The number of oxazole rings is 1. The molecule has 24 heavy (non-hydrogen) atoms. The maximum Gasteiger partial charge on any atom is 0.306 e. The Labute approximate surface area is 135 Å². The van der Waals surface area contributed by atoms with Crippen LogP contribution in [0.2, 0.25) is 0 Å². The summed E-state index contributed by atoms with van der Waals surface area (Å²) < 4.78 is 18.8. The zero-order valence-corrected chi connectivity index (χ0v) is 12.4. The molecule has 3 aromatic rings. The molecule has 1 amide bonds. The molecule has 0 unspecified atom stereocenters. The fraction of sp³-hybridized carbons (Fsp3) is 0.125. The van der Waals surface area contributed by atoms with Crippen molar-refractivity contribution in [2.24, 2.45) is 0 Å². The molecule has 122 valence electrons. The first-order chi connectivity index (χ1) is 11.5. The van der Waals surface area contributed by atoms with Crippen molar-refractivity contribution < 1.29 is 18.5 Å². The van der Waals surface area contributed by atoms with Crippen molar-refractivity contribution in [2.75, 3.05) is 5.32 Å². The molecule has 1 aromatic heterocycles. The van der Waals surface area contributed by atoms with Gasteiger partial charge in [0.15, 0.2) is 11.5 Å². The number of hydrogen-bond donors (Lipinski definition) is 1. The number of aryl methyl sites for hydroxylation is 1. The third-order valence-corrected chi connectivity index (χ3v) is 3.33. The van der Waals surface area contributed by atoms with Crippen LogP contribution in [0, 0.1) is 15.9 Å². The molecule has 0 atom stereocenters. The molecular formula is C16H12FN3O4. The van der Waals surface area contributed by atoms with E-state index in [-0.39, 0.29) is 24.4 Å². The summed E-state index contributed by atoms with van der Waals surface area (Å²) in [5.41, 5.74) is 0.821. The number of halogens is 1. The highest BCUT2D eigenvalue weighted by atomic mass is 19.1. The van der Waals surface area contributed by atoms with E-state index in [9.17, 15) is 19.3 Å². The predicted molar refractivity (Wildman–Crippen MR) is 84.0 cm³/mol. The largest absolute Gasteiger partial charge is 0.441 e. The van der Waals surface area contributed by atoms with E-state index in [1.807, 2.05) is 12.1 Å². The molecule has 1 heterocycles. The van der Waals surface area contributed by atoms with Gasteiger partial charge < -0.3 is 9.73 Å². The van der Waals surface area contributed by atoms with E-state index in [0.29, 0.717) is 17.0 Å². The van der Waals surface area contributed by atoms with Crippen LogP contribution in [0.5, 0.6) is 0 Å². The van der Waals surface area contributed by atoms with Gasteiger partial charge in [0.2, 0.25) is 11.7 Å². The molecule has 2 aromatic carbocycles. The number of fused-ring (bicyclic) bond motifs is 1. The van der Waals surface area contributed by atoms with Crippen LogP contribution in [0.4, 0.5) is 15.8 Å². The lowest BCUT2D eigenvalue weighted by molar-refractivity contribution is -0.387. The minimum Gasteiger partial charge on any atom is -0.441 e. The maximum absolute atomic E-state index is 13.3. The van der Waals surface area contributed by atoms with E-state index in [1.165, 1.54) is 6.07 Å². The monoisotopic (exact) mass is 329 g/mol. The highest BCUT2D eigenvalue weighted by Crippen LogP contribution is 2.22. The van der Waals surface area contributed by atoms with Crippen molar-refractivity contribution in [1.29, 1.82) is 0 Å². The van der Waals surface area contributed by atoms with Gasteiger partial charge in [-0.25, -0.2) is 4.98 Å². The molecule has 0 radical (unpaired) electrons.